The van der Waals surface area contributed by atoms with Crippen molar-refractivity contribution < 1.29 is 14.6 Å². The standard InChI is InChI=1S/C20H24O3/c1-19(2,3)18(22)23-17-12-8-15(9-13-17)20(4,5)14-6-10-16(21)11-7-14/h6-13,21H,1-5H3/p+1. The molecule has 0 aliphatic carbocycles. The van der Waals surface area contributed by atoms with Gasteiger partial charge in [-0.3, -0.25) is 4.79 Å². The highest BCUT2D eigenvalue weighted by Gasteiger charge is 2.25. The van der Waals surface area contributed by atoms with Gasteiger partial charge in [-0.25, -0.2) is 0 Å². The Morgan fingerprint density at radius 2 is 1.26 bits per heavy atom. The fraction of sp³-hybridized carbons (Fsp3) is 0.350. The Bertz CT molecular complexity index is 674. The Morgan fingerprint density at radius 3 is 1.70 bits per heavy atom. The van der Waals surface area contributed by atoms with Crippen LogP contribution in [0.3, 0.4) is 0 Å². The number of hydrogen-bond donors (Lipinski definition) is 0. The molecule has 0 saturated carbocycles. The summed E-state index contributed by atoms with van der Waals surface area (Å²) in [6.07, 6.45) is 0. The molecule has 0 bridgehead atoms. The van der Waals surface area contributed by atoms with Gasteiger partial charge in [-0.1, -0.05) is 26.0 Å². The van der Waals surface area contributed by atoms with E-state index in [9.17, 15) is 4.79 Å². The zero-order valence-corrected chi connectivity index (χ0v) is 14.4. The molecule has 0 radical (unpaired) electrons. The van der Waals surface area contributed by atoms with Gasteiger partial charge in [0.1, 0.15) is 5.75 Å². The van der Waals surface area contributed by atoms with E-state index >= 15 is 0 Å². The number of hydrogen-bond acceptors (Lipinski definition) is 2. The first kappa shape index (κ1) is 17.1. The summed E-state index contributed by atoms with van der Waals surface area (Å²) in [4.78, 5) is 11.9. The second-order valence-electron chi connectivity index (χ2n) is 7.37. The molecular formula is C20H25O3+. The van der Waals surface area contributed by atoms with Gasteiger partial charge in [0, 0.05) is 17.5 Å². The molecule has 0 aliphatic heterocycles. The molecule has 0 unspecified atom stereocenters. The number of carbonyl (C=O) groups is 1. The summed E-state index contributed by atoms with van der Waals surface area (Å²) >= 11 is 0. The van der Waals surface area contributed by atoms with Gasteiger partial charge in [0.25, 0.3) is 5.75 Å². The maximum Gasteiger partial charge on any atom is 0.316 e. The molecule has 0 amide bonds. The summed E-state index contributed by atoms with van der Waals surface area (Å²) in [5, 5.41) is 7.60. The van der Waals surface area contributed by atoms with Crippen molar-refractivity contribution in [3.8, 4) is 11.5 Å². The molecule has 122 valence electrons. The third-order valence-corrected chi connectivity index (χ3v) is 4.01. The molecule has 0 saturated heterocycles. The SMILES string of the molecule is CC(C)(C)C(=O)Oc1ccc(C(C)(C)c2ccc([OH2+])cc2)cc1. The van der Waals surface area contributed by atoms with Gasteiger partial charge in [0.05, 0.1) is 5.41 Å². The molecule has 0 spiro atoms. The van der Waals surface area contributed by atoms with E-state index in [-0.39, 0.29) is 11.4 Å². The highest BCUT2D eigenvalue weighted by atomic mass is 16.5. The molecule has 2 aromatic carbocycles. The minimum atomic E-state index is -0.518. The van der Waals surface area contributed by atoms with Crippen molar-refractivity contribution in [3.63, 3.8) is 0 Å². The Morgan fingerprint density at radius 1 is 0.826 bits per heavy atom. The molecule has 2 N–H and O–H groups in total. The zero-order valence-electron chi connectivity index (χ0n) is 14.4. The van der Waals surface area contributed by atoms with Crippen LogP contribution in [0.5, 0.6) is 11.5 Å². The second kappa shape index (κ2) is 6.07. The smallest absolute Gasteiger partial charge is 0.316 e. The fourth-order valence-corrected chi connectivity index (χ4v) is 2.25. The molecule has 0 fully saturated rings. The van der Waals surface area contributed by atoms with Gasteiger partial charge < -0.3 is 9.84 Å². The van der Waals surface area contributed by atoms with Crippen molar-refractivity contribution in [1.82, 2.24) is 0 Å². The average Bonchev–Trinajstić information content (AvgIpc) is 2.47. The van der Waals surface area contributed by atoms with E-state index in [0.717, 1.165) is 11.1 Å². The Kier molecular flexibility index (Phi) is 4.51. The van der Waals surface area contributed by atoms with Crippen LogP contribution in [0.25, 0.3) is 0 Å². The van der Waals surface area contributed by atoms with Crippen molar-refractivity contribution in [1.29, 1.82) is 0 Å². The molecule has 2 aromatic rings. The zero-order chi connectivity index (χ0) is 17.3. The maximum atomic E-state index is 11.9. The predicted molar refractivity (Wildman–Crippen MR) is 93.2 cm³/mol. The highest BCUT2D eigenvalue weighted by Crippen LogP contribution is 2.33. The third-order valence-electron chi connectivity index (χ3n) is 4.01. The topological polar surface area (TPSA) is 49.2 Å². The quantitative estimate of drug-likeness (QED) is 0.479. The minimum absolute atomic E-state index is 0.180. The monoisotopic (exact) mass is 313 g/mol. The van der Waals surface area contributed by atoms with Crippen LogP contribution >= 0.6 is 0 Å². The molecule has 23 heavy (non-hydrogen) atoms. The van der Waals surface area contributed by atoms with Crippen molar-refractivity contribution >= 4 is 5.97 Å². The van der Waals surface area contributed by atoms with Crippen molar-refractivity contribution in [2.75, 3.05) is 0 Å². The largest absolute Gasteiger partial charge is 0.593 e. The number of ether oxygens (including phenoxy) is 1. The summed E-state index contributed by atoms with van der Waals surface area (Å²) in [5.41, 5.74) is 1.58. The van der Waals surface area contributed by atoms with E-state index in [2.05, 4.69) is 13.8 Å². The van der Waals surface area contributed by atoms with Gasteiger partial charge in [-0.2, -0.15) is 0 Å². The van der Waals surface area contributed by atoms with Gasteiger partial charge in [-0.05, 0) is 56.2 Å². The number of esters is 1. The summed E-state index contributed by atoms with van der Waals surface area (Å²) < 4.78 is 5.40. The van der Waals surface area contributed by atoms with Gasteiger partial charge in [-0.15, -0.1) is 0 Å². The van der Waals surface area contributed by atoms with E-state index in [1.807, 2.05) is 57.2 Å². The number of carbonyl (C=O) groups excluding carboxylic acids is 1. The Balaban J connectivity index is 2.21. The van der Waals surface area contributed by atoms with Crippen molar-refractivity contribution in [2.45, 2.75) is 40.0 Å². The van der Waals surface area contributed by atoms with Crippen LogP contribution in [0.15, 0.2) is 48.5 Å². The van der Waals surface area contributed by atoms with E-state index in [1.165, 1.54) is 0 Å². The minimum Gasteiger partial charge on any atom is -0.593 e. The van der Waals surface area contributed by atoms with Crippen LogP contribution in [0, 0.1) is 5.41 Å². The first-order valence-electron chi connectivity index (χ1n) is 7.76. The molecular weight excluding hydrogens is 288 g/mol. The van der Waals surface area contributed by atoms with Crippen LogP contribution in [0.1, 0.15) is 45.7 Å². The van der Waals surface area contributed by atoms with E-state index in [1.54, 1.807) is 12.1 Å². The molecule has 0 atom stereocenters. The lowest BCUT2D eigenvalue weighted by Crippen LogP contribution is -2.25. The van der Waals surface area contributed by atoms with Crippen molar-refractivity contribution in [3.05, 3.63) is 59.7 Å². The predicted octanol–water partition coefficient (Wildman–Crippen LogP) is 4.40. The summed E-state index contributed by atoms with van der Waals surface area (Å²) in [6, 6.07) is 15.2. The molecule has 3 nitrogen and oxygen atoms in total. The fourth-order valence-electron chi connectivity index (χ4n) is 2.25. The van der Waals surface area contributed by atoms with Gasteiger partial charge in [0.15, 0.2) is 0 Å². The van der Waals surface area contributed by atoms with Gasteiger partial charge in [0.2, 0.25) is 0 Å². The average molecular weight is 313 g/mol. The highest BCUT2D eigenvalue weighted by molar-refractivity contribution is 5.77. The van der Waals surface area contributed by atoms with Crippen LogP contribution < -0.4 is 4.74 Å². The summed E-state index contributed by atoms with van der Waals surface area (Å²) in [7, 11) is 0. The van der Waals surface area contributed by atoms with Crippen LogP contribution in [0.2, 0.25) is 0 Å². The Labute approximate surface area is 137 Å². The molecule has 3 heteroatoms. The van der Waals surface area contributed by atoms with E-state index in [4.69, 9.17) is 9.84 Å². The van der Waals surface area contributed by atoms with Crippen LogP contribution in [0.4, 0.5) is 0 Å². The first-order valence-corrected chi connectivity index (χ1v) is 7.76. The molecule has 2 rings (SSSR count). The maximum absolute atomic E-state index is 11.9. The normalized spacial score (nSPS) is 12.0. The lowest BCUT2D eigenvalue weighted by atomic mass is 9.78. The van der Waals surface area contributed by atoms with Gasteiger partial charge >= 0.3 is 5.97 Å². The number of rotatable bonds is 3. The summed E-state index contributed by atoms with van der Waals surface area (Å²) in [6.45, 7) is 9.79. The number of benzene rings is 2. The molecule has 0 aliphatic rings. The lowest BCUT2D eigenvalue weighted by Gasteiger charge is -2.26. The van der Waals surface area contributed by atoms with Crippen LogP contribution in [-0.2, 0) is 10.2 Å². The molecule has 0 aromatic heterocycles. The van der Waals surface area contributed by atoms with Crippen molar-refractivity contribution in [2.24, 2.45) is 5.41 Å². The summed E-state index contributed by atoms with van der Waals surface area (Å²) in [5.74, 6) is 0.829. The first-order chi connectivity index (χ1) is 10.6. The van der Waals surface area contributed by atoms with Crippen LogP contribution in [-0.4, -0.2) is 11.1 Å². The van der Waals surface area contributed by atoms with E-state index in [0.29, 0.717) is 11.5 Å². The Hall–Kier alpha value is -2.29. The lowest BCUT2D eigenvalue weighted by molar-refractivity contribution is -0.142. The van der Waals surface area contributed by atoms with E-state index < -0.39 is 5.41 Å². The third kappa shape index (κ3) is 3.92. The molecule has 0 heterocycles. The second-order valence-corrected chi connectivity index (χ2v) is 7.37.